The first-order valence-corrected chi connectivity index (χ1v) is 10.2. The monoisotopic (exact) mass is 458 g/mol. The van der Waals surface area contributed by atoms with E-state index in [2.05, 4.69) is 21.2 Å². The second-order valence-corrected chi connectivity index (χ2v) is 8.30. The van der Waals surface area contributed by atoms with E-state index in [1.54, 1.807) is 36.7 Å². The Morgan fingerprint density at radius 3 is 2.64 bits per heavy atom. The highest BCUT2D eigenvalue weighted by molar-refractivity contribution is 6.01. The molecule has 2 heterocycles. The number of pyridine rings is 1. The minimum Gasteiger partial charge on any atom is -0.496 e. The van der Waals surface area contributed by atoms with Crippen LogP contribution in [-0.2, 0) is 5.41 Å². The van der Waals surface area contributed by atoms with E-state index in [4.69, 9.17) is 4.74 Å². The first kappa shape index (κ1) is 22.5. The van der Waals surface area contributed by atoms with Gasteiger partial charge < -0.3 is 14.8 Å². The highest BCUT2D eigenvalue weighted by Crippen LogP contribution is 2.38. The zero-order valence-electron chi connectivity index (χ0n) is 18.1. The maximum atomic E-state index is 13.2. The Bertz CT molecular complexity index is 1270. The molecule has 1 saturated carbocycles. The molecule has 10 heteroatoms. The summed E-state index contributed by atoms with van der Waals surface area (Å²) in [6.07, 6.45) is 2.27. The Kier molecular flexibility index (Phi) is 5.66. The molecule has 1 aromatic carbocycles. The molecule has 4 rings (SSSR count). The van der Waals surface area contributed by atoms with Gasteiger partial charge >= 0.3 is 6.61 Å². The van der Waals surface area contributed by atoms with E-state index in [1.807, 2.05) is 0 Å². The second kappa shape index (κ2) is 8.31. The Morgan fingerprint density at radius 2 is 2.03 bits per heavy atom. The number of carbonyl (C=O) groups excluding carboxylic acids is 1. The van der Waals surface area contributed by atoms with Crippen LogP contribution in [0.3, 0.4) is 0 Å². The van der Waals surface area contributed by atoms with Crippen LogP contribution < -0.4 is 14.8 Å². The highest BCUT2D eigenvalue weighted by atomic mass is 19.3. The van der Waals surface area contributed by atoms with Crippen molar-refractivity contribution >= 4 is 11.4 Å². The molecule has 0 spiro atoms. The number of hydrogen-bond donors (Lipinski definition) is 1. The van der Waals surface area contributed by atoms with Crippen molar-refractivity contribution in [2.24, 2.45) is 0 Å². The van der Waals surface area contributed by atoms with E-state index in [1.165, 1.54) is 25.4 Å². The second-order valence-electron chi connectivity index (χ2n) is 8.30. The zero-order chi connectivity index (χ0) is 23.9. The molecule has 1 N–H and O–H groups in total. The number of carbonyl (C=O) groups is 1. The topological polar surface area (TPSA) is 88.7 Å². The molecule has 1 fully saturated rings. The van der Waals surface area contributed by atoms with Crippen LogP contribution in [0.5, 0.6) is 11.5 Å². The summed E-state index contributed by atoms with van der Waals surface area (Å²) >= 11 is 0. The summed E-state index contributed by atoms with van der Waals surface area (Å²) in [5, 5.41) is 16.2. The quantitative estimate of drug-likeness (QED) is 0.572. The molecular weight excluding hydrogens is 437 g/mol. The van der Waals surface area contributed by atoms with Crippen LogP contribution in [0.2, 0.25) is 0 Å². The van der Waals surface area contributed by atoms with Gasteiger partial charge in [-0.3, -0.25) is 4.79 Å². The predicted octanol–water partition coefficient (Wildman–Crippen LogP) is 4.25. The summed E-state index contributed by atoms with van der Waals surface area (Å²) in [4.78, 5) is 12.7. The van der Waals surface area contributed by atoms with Crippen LogP contribution in [0.4, 0.5) is 13.2 Å². The lowest BCUT2D eigenvalue weighted by atomic mass is 9.87. The first-order chi connectivity index (χ1) is 15.6. The van der Waals surface area contributed by atoms with E-state index in [0.717, 1.165) is 5.56 Å². The van der Waals surface area contributed by atoms with E-state index < -0.39 is 35.9 Å². The van der Waals surface area contributed by atoms with Crippen LogP contribution in [-0.4, -0.2) is 41.5 Å². The van der Waals surface area contributed by atoms with Gasteiger partial charge in [0, 0.05) is 18.2 Å². The van der Waals surface area contributed by atoms with Gasteiger partial charge in [0.25, 0.3) is 5.91 Å². The fourth-order valence-electron chi connectivity index (χ4n) is 3.51. The first-order valence-electron chi connectivity index (χ1n) is 10.2. The van der Waals surface area contributed by atoms with Crippen molar-refractivity contribution in [2.75, 3.05) is 7.11 Å². The summed E-state index contributed by atoms with van der Waals surface area (Å²) < 4.78 is 51.1. The SMILES string of the molecule is COc1cc(-c2cnn3cc(C(C)(C)C#N)ccc23)cc(OC(F)F)c1C(=O)N[C@H]1C[C@@H]1F. The summed E-state index contributed by atoms with van der Waals surface area (Å²) in [6.45, 7) is 0.382. The number of methoxy groups -OCH3 is 1. The van der Waals surface area contributed by atoms with E-state index >= 15 is 0 Å². The highest BCUT2D eigenvalue weighted by Gasteiger charge is 2.40. The van der Waals surface area contributed by atoms with Gasteiger partial charge in [0.2, 0.25) is 0 Å². The number of nitrogens with zero attached hydrogens (tertiary/aromatic N) is 3. The van der Waals surface area contributed by atoms with E-state index in [9.17, 15) is 23.2 Å². The van der Waals surface area contributed by atoms with Crippen molar-refractivity contribution < 1.29 is 27.4 Å². The van der Waals surface area contributed by atoms with Gasteiger partial charge in [0.15, 0.2) is 0 Å². The third kappa shape index (κ3) is 4.31. The number of amides is 1. The van der Waals surface area contributed by atoms with Gasteiger partial charge in [-0.25, -0.2) is 8.91 Å². The number of rotatable bonds is 7. The number of hydrogen-bond acceptors (Lipinski definition) is 5. The van der Waals surface area contributed by atoms with Crippen molar-refractivity contribution in [3.63, 3.8) is 0 Å². The number of benzene rings is 1. The molecule has 7 nitrogen and oxygen atoms in total. The number of fused-ring (bicyclic) bond motifs is 1. The number of alkyl halides is 3. The molecule has 0 aliphatic heterocycles. The van der Waals surface area contributed by atoms with Crippen molar-refractivity contribution in [3.05, 3.63) is 47.8 Å². The normalized spacial score (nSPS) is 17.6. The lowest BCUT2D eigenvalue weighted by Gasteiger charge is -2.17. The Balaban J connectivity index is 1.80. The van der Waals surface area contributed by atoms with Crippen LogP contribution in [0.15, 0.2) is 36.7 Å². The summed E-state index contributed by atoms with van der Waals surface area (Å²) in [5.41, 5.74) is 1.44. The molecule has 1 amide bonds. The van der Waals surface area contributed by atoms with Gasteiger partial charge in [-0.2, -0.15) is 19.1 Å². The van der Waals surface area contributed by atoms with Gasteiger partial charge in [0.1, 0.15) is 23.2 Å². The molecule has 1 aliphatic carbocycles. The number of ether oxygens (including phenoxy) is 2. The largest absolute Gasteiger partial charge is 0.496 e. The minimum atomic E-state index is -3.19. The van der Waals surface area contributed by atoms with Crippen LogP contribution in [0, 0.1) is 11.3 Å². The van der Waals surface area contributed by atoms with Gasteiger partial charge in [0.05, 0.1) is 36.3 Å². The van der Waals surface area contributed by atoms with Crippen molar-refractivity contribution in [1.82, 2.24) is 14.9 Å². The smallest absolute Gasteiger partial charge is 0.387 e. The lowest BCUT2D eigenvalue weighted by molar-refractivity contribution is -0.0502. The van der Waals surface area contributed by atoms with Crippen LogP contribution in [0.25, 0.3) is 16.6 Å². The third-order valence-corrected chi connectivity index (χ3v) is 5.59. The maximum absolute atomic E-state index is 13.2. The van der Waals surface area contributed by atoms with Gasteiger partial charge in [-0.15, -0.1) is 0 Å². The number of nitriles is 1. The zero-order valence-corrected chi connectivity index (χ0v) is 18.1. The molecule has 0 unspecified atom stereocenters. The molecule has 33 heavy (non-hydrogen) atoms. The van der Waals surface area contributed by atoms with Crippen LogP contribution in [0.1, 0.15) is 36.2 Å². The molecule has 0 bridgehead atoms. The van der Waals surface area contributed by atoms with Crippen molar-refractivity contribution in [3.8, 4) is 28.7 Å². The number of nitrogens with one attached hydrogen (secondary N) is 1. The molecular formula is C23H21F3N4O3. The average Bonchev–Trinajstić information content (AvgIpc) is 3.30. The Labute approximate surface area is 187 Å². The molecule has 0 radical (unpaired) electrons. The number of halogens is 3. The molecule has 2 atom stereocenters. The molecule has 172 valence electrons. The Morgan fingerprint density at radius 1 is 1.33 bits per heavy atom. The lowest BCUT2D eigenvalue weighted by Crippen LogP contribution is -2.28. The van der Waals surface area contributed by atoms with Gasteiger partial charge in [-0.1, -0.05) is 6.07 Å². The third-order valence-electron chi connectivity index (χ3n) is 5.59. The van der Waals surface area contributed by atoms with E-state index in [0.29, 0.717) is 16.6 Å². The standard InChI is InChI=1S/C23H21F3N4O3/c1-23(2,11-27)13-4-5-17-14(9-28-30(17)10-13)12-6-18(32-3)20(19(7-12)33-22(25)26)21(31)29-16-8-15(16)24/h4-7,9-10,15-16,22H,8H2,1-3H3,(H,29,31)/t15-,16-/m0/s1. The number of aromatic nitrogens is 2. The maximum Gasteiger partial charge on any atom is 0.387 e. The summed E-state index contributed by atoms with van der Waals surface area (Å²) in [7, 11) is 1.30. The molecule has 1 aliphatic rings. The fraction of sp³-hybridized carbons (Fsp3) is 0.348. The molecule has 3 aromatic rings. The average molecular weight is 458 g/mol. The van der Waals surface area contributed by atoms with Crippen molar-refractivity contribution in [2.45, 2.75) is 44.5 Å². The molecule has 0 saturated heterocycles. The molecule has 2 aromatic heterocycles. The minimum absolute atomic E-state index is 0.00158. The Hall–Kier alpha value is -3.74. The van der Waals surface area contributed by atoms with Gasteiger partial charge in [-0.05, 0) is 43.2 Å². The van der Waals surface area contributed by atoms with E-state index in [-0.39, 0.29) is 17.7 Å². The summed E-state index contributed by atoms with van der Waals surface area (Å²) in [5.74, 6) is -1.16. The summed E-state index contributed by atoms with van der Waals surface area (Å²) in [6, 6.07) is 7.95. The predicted molar refractivity (Wildman–Crippen MR) is 113 cm³/mol. The van der Waals surface area contributed by atoms with Crippen molar-refractivity contribution in [1.29, 1.82) is 5.26 Å². The van der Waals surface area contributed by atoms with Crippen LogP contribution >= 0.6 is 0 Å². The fourth-order valence-corrected chi connectivity index (χ4v) is 3.51.